The first kappa shape index (κ1) is 13.0. The van der Waals surface area contributed by atoms with E-state index >= 15 is 0 Å². The lowest BCUT2D eigenvalue weighted by atomic mass is 10.3. The second-order valence-corrected chi connectivity index (χ2v) is 3.32. The SMILES string of the molecule is FC(F)(F)CCCOc1cncc(CCl)n1. The topological polar surface area (TPSA) is 35.0 Å². The van der Waals surface area contributed by atoms with Gasteiger partial charge in [-0.1, -0.05) is 0 Å². The monoisotopic (exact) mass is 254 g/mol. The first-order valence-electron chi connectivity index (χ1n) is 4.58. The van der Waals surface area contributed by atoms with Crippen LogP contribution in [0, 0.1) is 0 Å². The van der Waals surface area contributed by atoms with E-state index in [0.717, 1.165) is 0 Å². The van der Waals surface area contributed by atoms with E-state index in [-0.39, 0.29) is 24.8 Å². The van der Waals surface area contributed by atoms with Crippen LogP contribution in [0.1, 0.15) is 18.5 Å². The van der Waals surface area contributed by atoms with Gasteiger partial charge in [-0.2, -0.15) is 13.2 Å². The molecule has 1 rings (SSSR count). The summed E-state index contributed by atoms with van der Waals surface area (Å²) in [5.41, 5.74) is 0.523. The van der Waals surface area contributed by atoms with Gasteiger partial charge in [-0.3, -0.25) is 4.98 Å². The summed E-state index contributed by atoms with van der Waals surface area (Å²) < 4.78 is 40.4. The maximum atomic E-state index is 11.8. The highest BCUT2D eigenvalue weighted by atomic mass is 35.5. The summed E-state index contributed by atoms with van der Waals surface area (Å²) in [5.74, 6) is 0.382. The minimum atomic E-state index is -4.15. The molecular formula is C9H10ClF3N2O. The molecule has 0 aliphatic heterocycles. The van der Waals surface area contributed by atoms with Crippen molar-refractivity contribution < 1.29 is 17.9 Å². The van der Waals surface area contributed by atoms with Crippen LogP contribution in [-0.2, 0) is 5.88 Å². The molecule has 3 nitrogen and oxygen atoms in total. The second kappa shape index (κ2) is 5.89. The van der Waals surface area contributed by atoms with E-state index in [0.29, 0.717) is 5.69 Å². The van der Waals surface area contributed by atoms with Crippen molar-refractivity contribution in [3.63, 3.8) is 0 Å². The molecule has 0 atom stereocenters. The first-order valence-corrected chi connectivity index (χ1v) is 5.11. The minimum absolute atomic E-state index is 0.0417. The average molecular weight is 255 g/mol. The van der Waals surface area contributed by atoms with Gasteiger partial charge in [0.15, 0.2) is 0 Å². The van der Waals surface area contributed by atoms with E-state index in [1.807, 2.05) is 0 Å². The molecule has 0 spiro atoms. The van der Waals surface area contributed by atoms with E-state index < -0.39 is 12.6 Å². The van der Waals surface area contributed by atoms with Crippen LogP contribution < -0.4 is 4.74 Å². The Balaban J connectivity index is 2.32. The molecule has 1 aromatic heterocycles. The molecule has 0 aliphatic rings. The summed E-state index contributed by atoms with van der Waals surface area (Å²) in [6.07, 6.45) is -2.31. The fourth-order valence-electron chi connectivity index (χ4n) is 0.970. The second-order valence-electron chi connectivity index (χ2n) is 3.05. The van der Waals surface area contributed by atoms with Crippen LogP contribution in [0.15, 0.2) is 12.4 Å². The predicted molar refractivity (Wildman–Crippen MR) is 52.4 cm³/mol. The molecule has 16 heavy (non-hydrogen) atoms. The molecule has 90 valence electrons. The highest BCUT2D eigenvalue weighted by Crippen LogP contribution is 2.21. The minimum Gasteiger partial charge on any atom is -0.477 e. The van der Waals surface area contributed by atoms with Crippen molar-refractivity contribution in [2.45, 2.75) is 24.9 Å². The Morgan fingerprint density at radius 1 is 1.31 bits per heavy atom. The molecule has 7 heteroatoms. The zero-order valence-corrected chi connectivity index (χ0v) is 9.05. The van der Waals surface area contributed by atoms with Crippen LogP contribution in [0.5, 0.6) is 5.88 Å². The van der Waals surface area contributed by atoms with Gasteiger partial charge in [0.1, 0.15) is 0 Å². The molecule has 0 saturated carbocycles. The van der Waals surface area contributed by atoms with Gasteiger partial charge in [-0.05, 0) is 6.42 Å². The van der Waals surface area contributed by atoms with Gasteiger partial charge in [0.05, 0.1) is 24.4 Å². The fraction of sp³-hybridized carbons (Fsp3) is 0.556. The van der Waals surface area contributed by atoms with Crippen LogP contribution in [0.4, 0.5) is 13.2 Å². The van der Waals surface area contributed by atoms with Crippen molar-refractivity contribution in [2.75, 3.05) is 6.61 Å². The molecular weight excluding hydrogens is 245 g/mol. The summed E-state index contributed by atoms with van der Waals surface area (Å²) in [5, 5.41) is 0. The van der Waals surface area contributed by atoms with Crippen molar-refractivity contribution in [3.05, 3.63) is 18.1 Å². The predicted octanol–water partition coefficient (Wildman–Crippen LogP) is 2.94. The van der Waals surface area contributed by atoms with Crippen LogP contribution >= 0.6 is 11.6 Å². The fourth-order valence-corrected chi connectivity index (χ4v) is 1.10. The maximum Gasteiger partial charge on any atom is 0.389 e. The van der Waals surface area contributed by atoms with Gasteiger partial charge >= 0.3 is 6.18 Å². The van der Waals surface area contributed by atoms with E-state index in [9.17, 15) is 13.2 Å². The normalized spacial score (nSPS) is 11.5. The van der Waals surface area contributed by atoms with Gasteiger partial charge in [0.25, 0.3) is 0 Å². The number of hydrogen-bond acceptors (Lipinski definition) is 3. The summed E-state index contributed by atoms with van der Waals surface area (Å²) in [6.45, 7) is -0.0417. The molecule has 0 aliphatic carbocycles. The summed E-state index contributed by atoms with van der Waals surface area (Å²) in [7, 11) is 0. The molecule has 0 bridgehead atoms. The summed E-state index contributed by atoms with van der Waals surface area (Å²) in [6, 6.07) is 0. The Kier molecular flexibility index (Phi) is 4.79. The van der Waals surface area contributed by atoms with Crippen molar-refractivity contribution >= 4 is 11.6 Å². The molecule has 0 unspecified atom stereocenters. The maximum absolute atomic E-state index is 11.8. The summed E-state index contributed by atoms with van der Waals surface area (Å²) in [4.78, 5) is 7.72. The lowest BCUT2D eigenvalue weighted by molar-refractivity contribution is -0.136. The lowest BCUT2D eigenvalue weighted by Gasteiger charge is -2.07. The average Bonchev–Trinajstić information content (AvgIpc) is 2.23. The molecule has 0 N–H and O–H groups in total. The zero-order valence-electron chi connectivity index (χ0n) is 8.30. The Morgan fingerprint density at radius 3 is 2.69 bits per heavy atom. The quantitative estimate of drug-likeness (QED) is 0.599. The number of nitrogens with zero attached hydrogens (tertiary/aromatic N) is 2. The number of aromatic nitrogens is 2. The third kappa shape index (κ3) is 5.16. The number of ether oxygens (including phenoxy) is 1. The highest BCUT2D eigenvalue weighted by molar-refractivity contribution is 6.16. The molecule has 1 aromatic rings. The van der Waals surface area contributed by atoms with Crippen LogP contribution in [0.3, 0.4) is 0 Å². The molecule has 0 amide bonds. The molecule has 0 radical (unpaired) electrons. The van der Waals surface area contributed by atoms with Crippen LogP contribution in [-0.4, -0.2) is 22.8 Å². The Bertz CT molecular complexity index is 333. The molecule has 1 heterocycles. The largest absolute Gasteiger partial charge is 0.477 e. The smallest absolute Gasteiger partial charge is 0.389 e. The van der Waals surface area contributed by atoms with E-state index in [4.69, 9.17) is 16.3 Å². The van der Waals surface area contributed by atoms with Crippen LogP contribution in [0.2, 0.25) is 0 Å². The van der Waals surface area contributed by atoms with Crippen molar-refractivity contribution in [1.29, 1.82) is 0 Å². The Hall–Kier alpha value is -1.04. The van der Waals surface area contributed by atoms with Gasteiger partial charge in [-0.15, -0.1) is 11.6 Å². The standard InChI is InChI=1S/C9H10ClF3N2O/c10-4-7-5-14-6-8(15-7)16-3-1-2-9(11,12)13/h5-6H,1-4H2. The first-order chi connectivity index (χ1) is 7.51. The third-order valence-electron chi connectivity index (χ3n) is 1.65. The Morgan fingerprint density at radius 2 is 2.06 bits per heavy atom. The summed E-state index contributed by atoms with van der Waals surface area (Å²) >= 11 is 5.51. The van der Waals surface area contributed by atoms with E-state index in [2.05, 4.69) is 9.97 Å². The van der Waals surface area contributed by atoms with Gasteiger partial charge < -0.3 is 4.74 Å². The molecule has 0 saturated heterocycles. The number of halogens is 4. The lowest BCUT2D eigenvalue weighted by Crippen LogP contribution is -2.10. The third-order valence-corrected chi connectivity index (χ3v) is 1.93. The number of alkyl halides is 4. The van der Waals surface area contributed by atoms with Crippen molar-refractivity contribution in [1.82, 2.24) is 9.97 Å². The van der Waals surface area contributed by atoms with Crippen molar-refractivity contribution in [3.8, 4) is 5.88 Å². The van der Waals surface area contributed by atoms with Gasteiger partial charge in [-0.25, -0.2) is 4.98 Å². The van der Waals surface area contributed by atoms with E-state index in [1.165, 1.54) is 12.4 Å². The van der Waals surface area contributed by atoms with Crippen LogP contribution in [0.25, 0.3) is 0 Å². The van der Waals surface area contributed by atoms with Gasteiger partial charge in [0.2, 0.25) is 5.88 Å². The molecule has 0 fully saturated rings. The number of hydrogen-bond donors (Lipinski definition) is 0. The van der Waals surface area contributed by atoms with Gasteiger partial charge in [0, 0.05) is 12.6 Å². The van der Waals surface area contributed by atoms with E-state index in [1.54, 1.807) is 0 Å². The molecule has 0 aromatic carbocycles. The Labute approximate surface area is 95.6 Å². The zero-order chi connectivity index (χ0) is 12.0. The number of rotatable bonds is 5. The highest BCUT2D eigenvalue weighted by Gasteiger charge is 2.26. The van der Waals surface area contributed by atoms with Crippen molar-refractivity contribution in [2.24, 2.45) is 0 Å².